The van der Waals surface area contributed by atoms with Crippen LogP contribution in [0.3, 0.4) is 0 Å². The van der Waals surface area contributed by atoms with E-state index in [1.165, 1.54) is 24.0 Å². The van der Waals surface area contributed by atoms with Gasteiger partial charge in [0.1, 0.15) is 0 Å². The van der Waals surface area contributed by atoms with Gasteiger partial charge in [-0.2, -0.15) is 0 Å². The summed E-state index contributed by atoms with van der Waals surface area (Å²) in [4.78, 5) is 0. The fraction of sp³-hybridized carbons (Fsp3) is 0.647. The van der Waals surface area contributed by atoms with Gasteiger partial charge < -0.3 is 10.1 Å². The highest BCUT2D eigenvalue weighted by Crippen LogP contribution is 2.32. The van der Waals surface area contributed by atoms with E-state index in [-0.39, 0.29) is 6.10 Å². The lowest BCUT2D eigenvalue weighted by Crippen LogP contribution is -2.36. The van der Waals surface area contributed by atoms with Crippen LogP contribution in [-0.2, 0) is 11.2 Å². The van der Waals surface area contributed by atoms with Gasteiger partial charge >= 0.3 is 0 Å². The van der Waals surface area contributed by atoms with Crippen molar-refractivity contribution in [3.63, 3.8) is 0 Å². The van der Waals surface area contributed by atoms with Gasteiger partial charge in [-0.05, 0) is 36.9 Å². The van der Waals surface area contributed by atoms with Crippen LogP contribution in [0.1, 0.15) is 50.3 Å². The molecule has 0 saturated heterocycles. The predicted molar refractivity (Wildman–Crippen MR) is 80.4 cm³/mol. The summed E-state index contributed by atoms with van der Waals surface area (Å²) in [7, 11) is 2.08. The van der Waals surface area contributed by atoms with Crippen LogP contribution in [0.4, 0.5) is 0 Å². The molecule has 2 unspecified atom stereocenters. The van der Waals surface area contributed by atoms with Crippen molar-refractivity contribution in [2.24, 2.45) is 5.92 Å². The Morgan fingerprint density at radius 1 is 1.26 bits per heavy atom. The molecule has 0 radical (unpaired) electrons. The normalized spacial score (nSPS) is 20.3. The fourth-order valence-electron chi connectivity index (χ4n) is 3.31. The lowest BCUT2D eigenvalue weighted by Gasteiger charge is -2.32. The zero-order chi connectivity index (χ0) is 13.7. The summed E-state index contributed by atoms with van der Waals surface area (Å²) in [5, 5.41) is 3.50. The van der Waals surface area contributed by atoms with Gasteiger partial charge in [0.05, 0.1) is 12.7 Å². The molecular weight excluding hydrogens is 234 g/mol. The molecule has 1 aromatic carbocycles. The minimum Gasteiger partial charge on any atom is -0.373 e. The van der Waals surface area contributed by atoms with E-state index in [2.05, 4.69) is 50.5 Å². The lowest BCUT2D eigenvalue weighted by molar-refractivity contribution is 0.0247. The molecule has 1 aliphatic rings. The summed E-state index contributed by atoms with van der Waals surface area (Å²) >= 11 is 0. The third kappa shape index (κ3) is 3.37. The molecule has 1 aromatic rings. The molecule has 2 nitrogen and oxygen atoms in total. The molecule has 2 heteroatoms. The minimum absolute atomic E-state index is 0.267. The first-order valence-corrected chi connectivity index (χ1v) is 7.66. The highest BCUT2D eigenvalue weighted by molar-refractivity contribution is 5.31. The number of hydrogen-bond acceptors (Lipinski definition) is 2. The molecule has 106 valence electrons. The van der Waals surface area contributed by atoms with Crippen molar-refractivity contribution in [3.05, 3.63) is 35.4 Å². The first-order valence-electron chi connectivity index (χ1n) is 7.66. The van der Waals surface area contributed by atoms with Gasteiger partial charge in [-0.25, -0.2) is 0 Å². The molecule has 0 fully saturated rings. The summed E-state index contributed by atoms with van der Waals surface area (Å²) in [5.41, 5.74) is 2.87. The van der Waals surface area contributed by atoms with Crippen molar-refractivity contribution in [3.8, 4) is 0 Å². The van der Waals surface area contributed by atoms with E-state index >= 15 is 0 Å². The molecule has 2 atom stereocenters. The highest BCUT2D eigenvalue weighted by Gasteiger charge is 2.26. The molecule has 1 N–H and O–H groups in total. The topological polar surface area (TPSA) is 21.3 Å². The maximum Gasteiger partial charge on any atom is 0.0842 e. The van der Waals surface area contributed by atoms with E-state index in [4.69, 9.17) is 4.74 Å². The summed E-state index contributed by atoms with van der Waals surface area (Å²) < 4.78 is 6.04. The second-order valence-corrected chi connectivity index (χ2v) is 5.52. The average Bonchev–Trinajstić information content (AvgIpc) is 2.47. The molecule has 0 aliphatic carbocycles. The summed E-state index contributed by atoms with van der Waals surface area (Å²) in [5.74, 6) is 0.739. The Morgan fingerprint density at radius 2 is 2.00 bits per heavy atom. The molecule has 19 heavy (non-hydrogen) atoms. The van der Waals surface area contributed by atoms with E-state index in [0.717, 1.165) is 25.4 Å². The molecular formula is C17H27NO. The standard InChI is InChI=1S/C17H27NO/c1-4-13(5-2)16(18-3)12-17-15-9-7-6-8-14(15)10-11-19-17/h6-9,13,16-18H,4-5,10-12H2,1-3H3. The molecule has 0 saturated carbocycles. The van der Waals surface area contributed by atoms with E-state index < -0.39 is 0 Å². The second kappa shape index (κ2) is 7.06. The van der Waals surface area contributed by atoms with E-state index in [1.807, 2.05) is 0 Å². The fourth-order valence-corrected chi connectivity index (χ4v) is 3.31. The maximum absolute atomic E-state index is 6.04. The van der Waals surface area contributed by atoms with Gasteiger partial charge in [0.15, 0.2) is 0 Å². The number of hydrogen-bond donors (Lipinski definition) is 1. The number of rotatable bonds is 6. The van der Waals surface area contributed by atoms with Crippen LogP contribution in [0.2, 0.25) is 0 Å². The third-order valence-corrected chi connectivity index (χ3v) is 4.55. The zero-order valence-electron chi connectivity index (χ0n) is 12.5. The van der Waals surface area contributed by atoms with Crippen molar-refractivity contribution in [1.29, 1.82) is 0 Å². The quantitative estimate of drug-likeness (QED) is 0.843. The van der Waals surface area contributed by atoms with Crippen molar-refractivity contribution in [2.45, 2.75) is 51.7 Å². The molecule has 2 rings (SSSR count). The Balaban J connectivity index is 2.10. The van der Waals surface area contributed by atoms with Gasteiger partial charge in [0, 0.05) is 6.04 Å². The smallest absolute Gasteiger partial charge is 0.0842 e. The summed E-state index contributed by atoms with van der Waals surface area (Å²) in [6.45, 7) is 5.43. The number of fused-ring (bicyclic) bond motifs is 1. The van der Waals surface area contributed by atoms with Gasteiger partial charge in [-0.15, -0.1) is 0 Å². The van der Waals surface area contributed by atoms with Crippen LogP contribution < -0.4 is 5.32 Å². The van der Waals surface area contributed by atoms with Crippen LogP contribution in [0, 0.1) is 5.92 Å². The first kappa shape index (κ1) is 14.5. The Morgan fingerprint density at radius 3 is 2.68 bits per heavy atom. The van der Waals surface area contributed by atoms with E-state index in [0.29, 0.717) is 6.04 Å². The molecule has 0 aromatic heterocycles. The van der Waals surface area contributed by atoms with Crippen molar-refractivity contribution < 1.29 is 4.74 Å². The third-order valence-electron chi connectivity index (χ3n) is 4.55. The second-order valence-electron chi connectivity index (χ2n) is 5.52. The van der Waals surface area contributed by atoms with Gasteiger partial charge in [0.2, 0.25) is 0 Å². The zero-order valence-corrected chi connectivity index (χ0v) is 12.5. The van der Waals surface area contributed by atoms with Crippen molar-refractivity contribution >= 4 is 0 Å². The Bertz CT molecular complexity index is 387. The SMILES string of the molecule is CCC(CC)C(CC1OCCc2ccccc21)NC. The maximum atomic E-state index is 6.04. The first-order chi connectivity index (χ1) is 9.30. The van der Waals surface area contributed by atoms with Gasteiger partial charge in [0.25, 0.3) is 0 Å². The van der Waals surface area contributed by atoms with E-state index in [1.54, 1.807) is 0 Å². The monoisotopic (exact) mass is 261 g/mol. The van der Waals surface area contributed by atoms with Crippen LogP contribution in [0.25, 0.3) is 0 Å². The largest absolute Gasteiger partial charge is 0.373 e. The van der Waals surface area contributed by atoms with Gasteiger partial charge in [-0.1, -0.05) is 51.0 Å². The van der Waals surface area contributed by atoms with Crippen molar-refractivity contribution in [1.82, 2.24) is 5.32 Å². The van der Waals surface area contributed by atoms with Crippen LogP contribution in [0.5, 0.6) is 0 Å². The molecule has 0 bridgehead atoms. The minimum atomic E-state index is 0.267. The molecule has 0 spiro atoms. The number of benzene rings is 1. The summed E-state index contributed by atoms with van der Waals surface area (Å²) in [6.07, 6.45) is 4.87. The predicted octanol–water partition coefficient (Wildman–Crippen LogP) is 3.71. The van der Waals surface area contributed by atoms with Crippen molar-refractivity contribution in [2.75, 3.05) is 13.7 Å². The van der Waals surface area contributed by atoms with Crippen LogP contribution in [-0.4, -0.2) is 19.7 Å². The highest BCUT2D eigenvalue weighted by atomic mass is 16.5. The van der Waals surface area contributed by atoms with E-state index in [9.17, 15) is 0 Å². The van der Waals surface area contributed by atoms with Crippen LogP contribution in [0.15, 0.2) is 24.3 Å². The lowest BCUT2D eigenvalue weighted by atomic mass is 9.86. The number of ether oxygens (including phenoxy) is 1. The van der Waals surface area contributed by atoms with Crippen LogP contribution >= 0.6 is 0 Å². The molecule has 1 heterocycles. The Hall–Kier alpha value is -0.860. The summed E-state index contributed by atoms with van der Waals surface area (Å²) in [6, 6.07) is 9.30. The Labute approximate surface area is 117 Å². The number of nitrogens with one attached hydrogen (secondary N) is 1. The average molecular weight is 261 g/mol. The molecule has 0 amide bonds. The molecule has 1 aliphatic heterocycles. The Kier molecular flexibility index (Phi) is 5.41. The van der Waals surface area contributed by atoms with Gasteiger partial charge in [-0.3, -0.25) is 0 Å².